The van der Waals surface area contributed by atoms with Crippen LogP contribution in [0.2, 0.25) is 0 Å². The van der Waals surface area contributed by atoms with Gasteiger partial charge in [-0.15, -0.1) is 0 Å². The molecule has 3 nitrogen and oxygen atoms in total. The van der Waals surface area contributed by atoms with Gasteiger partial charge in [-0.1, -0.05) is 36.0 Å². The molecule has 2 aromatic rings. The molecule has 124 valence electrons. The third-order valence-electron chi connectivity index (χ3n) is 4.11. The number of hydrogen-bond donors (Lipinski definition) is 2. The Kier molecular flexibility index (Phi) is 5.04. The fourth-order valence-electron chi connectivity index (χ4n) is 2.98. The molecule has 6 heteroatoms. The van der Waals surface area contributed by atoms with E-state index < -0.39 is 11.4 Å². The first-order valence-corrected chi connectivity index (χ1v) is 8.60. The summed E-state index contributed by atoms with van der Waals surface area (Å²) in [6.45, 7) is 0.898. The van der Waals surface area contributed by atoms with E-state index in [-0.39, 0.29) is 5.75 Å². The van der Waals surface area contributed by atoms with Crippen molar-refractivity contribution >= 4 is 11.8 Å². The number of aliphatic hydroxyl groups is 1. The van der Waals surface area contributed by atoms with Gasteiger partial charge < -0.3 is 14.8 Å². The largest absolute Gasteiger partial charge is 0.464 e. The minimum Gasteiger partial charge on any atom is -0.464 e. The molecular weight excluding hydrogens is 320 g/mol. The smallest absolute Gasteiger partial charge is 0.284 e. The minimum atomic E-state index is -2.39. The van der Waals surface area contributed by atoms with E-state index in [0.29, 0.717) is 42.8 Å². The summed E-state index contributed by atoms with van der Waals surface area (Å²) in [6.07, 6.45) is 1.58. The standard InChI is InChI=1S/C17H19F2NO2S/c18-16(19)23-10-14-6-5-13(22-14)9-20-11-17(21)8-7-12-3-1-2-4-15(12)17/h1-6,16,20-21H,7-11H2. The SMILES string of the molecule is OC1(CNCc2ccc(CSC(F)F)o2)CCc2ccccc21. The zero-order valence-electron chi connectivity index (χ0n) is 12.6. The number of hydrogen-bond acceptors (Lipinski definition) is 4. The highest BCUT2D eigenvalue weighted by molar-refractivity contribution is 7.98. The number of fused-ring (bicyclic) bond motifs is 1. The van der Waals surface area contributed by atoms with Gasteiger partial charge in [-0.2, -0.15) is 8.78 Å². The lowest BCUT2D eigenvalue weighted by atomic mass is 9.96. The maximum atomic E-state index is 12.1. The highest BCUT2D eigenvalue weighted by atomic mass is 32.2. The molecule has 0 saturated heterocycles. The molecule has 23 heavy (non-hydrogen) atoms. The Balaban J connectivity index is 1.52. The first-order chi connectivity index (χ1) is 11.1. The van der Waals surface area contributed by atoms with Crippen LogP contribution in [-0.2, 0) is 24.3 Å². The van der Waals surface area contributed by atoms with E-state index in [1.807, 2.05) is 24.3 Å². The Morgan fingerprint density at radius 2 is 2.00 bits per heavy atom. The third-order valence-corrected chi connectivity index (χ3v) is 4.82. The number of furan rings is 1. The topological polar surface area (TPSA) is 45.4 Å². The van der Waals surface area contributed by atoms with Gasteiger partial charge >= 0.3 is 0 Å². The number of aryl methyl sites for hydroxylation is 1. The summed E-state index contributed by atoms with van der Waals surface area (Å²) < 4.78 is 29.8. The van der Waals surface area contributed by atoms with Crippen molar-refractivity contribution in [1.82, 2.24) is 5.32 Å². The van der Waals surface area contributed by atoms with Gasteiger partial charge in [0, 0.05) is 6.54 Å². The average Bonchev–Trinajstić information content (AvgIpc) is 3.12. The normalized spacial score (nSPS) is 20.2. The molecule has 0 spiro atoms. The molecule has 1 heterocycles. The monoisotopic (exact) mass is 339 g/mol. The second kappa shape index (κ2) is 7.03. The number of nitrogens with one attached hydrogen (secondary N) is 1. The lowest BCUT2D eigenvalue weighted by molar-refractivity contribution is 0.0380. The number of benzene rings is 1. The lowest BCUT2D eigenvalue weighted by Crippen LogP contribution is -2.35. The van der Waals surface area contributed by atoms with E-state index >= 15 is 0 Å². The van der Waals surface area contributed by atoms with E-state index in [1.165, 1.54) is 5.56 Å². The molecule has 2 N–H and O–H groups in total. The molecule has 1 aromatic heterocycles. The maximum Gasteiger partial charge on any atom is 0.284 e. The lowest BCUT2D eigenvalue weighted by Gasteiger charge is -2.24. The Labute approximate surface area is 138 Å². The molecule has 1 atom stereocenters. The Bertz CT molecular complexity index is 662. The van der Waals surface area contributed by atoms with Crippen molar-refractivity contribution in [3.8, 4) is 0 Å². The molecule has 0 aliphatic heterocycles. The van der Waals surface area contributed by atoms with E-state index in [4.69, 9.17) is 4.42 Å². The molecule has 0 radical (unpaired) electrons. The van der Waals surface area contributed by atoms with Crippen molar-refractivity contribution in [2.45, 2.75) is 36.5 Å². The molecule has 0 amide bonds. The summed E-state index contributed by atoms with van der Waals surface area (Å²) >= 11 is 0.546. The van der Waals surface area contributed by atoms with Crippen LogP contribution in [-0.4, -0.2) is 17.4 Å². The fourth-order valence-corrected chi connectivity index (χ4v) is 3.43. The number of halogens is 2. The van der Waals surface area contributed by atoms with E-state index in [9.17, 15) is 13.9 Å². The van der Waals surface area contributed by atoms with Crippen molar-refractivity contribution in [2.24, 2.45) is 0 Å². The van der Waals surface area contributed by atoms with E-state index in [1.54, 1.807) is 12.1 Å². The fraction of sp³-hybridized carbons (Fsp3) is 0.412. The summed E-state index contributed by atoms with van der Waals surface area (Å²) in [5.41, 5.74) is 1.33. The minimum absolute atomic E-state index is 0.162. The summed E-state index contributed by atoms with van der Waals surface area (Å²) in [4.78, 5) is 0. The molecule has 0 saturated carbocycles. The van der Waals surface area contributed by atoms with Crippen LogP contribution >= 0.6 is 11.8 Å². The predicted molar refractivity (Wildman–Crippen MR) is 86.4 cm³/mol. The Morgan fingerprint density at radius 1 is 1.22 bits per heavy atom. The van der Waals surface area contributed by atoms with Gasteiger partial charge in [0.2, 0.25) is 0 Å². The third kappa shape index (κ3) is 3.94. The molecule has 1 unspecified atom stereocenters. The van der Waals surface area contributed by atoms with Gasteiger partial charge in [-0.05, 0) is 36.1 Å². The highest BCUT2D eigenvalue weighted by Crippen LogP contribution is 2.36. The van der Waals surface area contributed by atoms with E-state index in [0.717, 1.165) is 12.0 Å². The maximum absolute atomic E-state index is 12.1. The molecule has 1 aliphatic carbocycles. The quantitative estimate of drug-likeness (QED) is 0.808. The van der Waals surface area contributed by atoms with Crippen LogP contribution in [0.15, 0.2) is 40.8 Å². The Morgan fingerprint density at radius 3 is 2.83 bits per heavy atom. The highest BCUT2D eigenvalue weighted by Gasteiger charge is 2.35. The zero-order chi connectivity index (χ0) is 16.3. The van der Waals surface area contributed by atoms with Crippen LogP contribution in [0.5, 0.6) is 0 Å². The summed E-state index contributed by atoms with van der Waals surface area (Å²) in [5.74, 6) is -1.00. The molecule has 1 aliphatic rings. The molecule has 1 aromatic carbocycles. The van der Waals surface area contributed by atoms with Crippen LogP contribution in [0.1, 0.15) is 29.1 Å². The van der Waals surface area contributed by atoms with Crippen LogP contribution in [0, 0.1) is 0 Å². The summed E-state index contributed by atoms with van der Waals surface area (Å²) in [5, 5.41) is 14.0. The van der Waals surface area contributed by atoms with Gasteiger partial charge in [0.05, 0.1) is 12.3 Å². The van der Waals surface area contributed by atoms with Gasteiger partial charge in [0.1, 0.15) is 17.1 Å². The van der Waals surface area contributed by atoms with Crippen molar-refractivity contribution < 1.29 is 18.3 Å². The number of alkyl halides is 2. The molecular formula is C17H19F2NO2S. The van der Waals surface area contributed by atoms with Crippen LogP contribution in [0.3, 0.4) is 0 Å². The summed E-state index contributed by atoms with van der Waals surface area (Å²) in [6, 6.07) is 11.4. The van der Waals surface area contributed by atoms with Gasteiger partial charge in [-0.25, -0.2) is 0 Å². The second-order valence-corrected chi connectivity index (χ2v) is 6.71. The number of rotatable bonds is 7. The van der Waals surface area contributed by atoms with Gasteiger partial charge in [0.15, 0.2) is 0 Å². The first kappa shape index (κ1) is 16.5. The molecule has 0 bridgehead atoms. The average molecular weight is 339 g/mol. The Hall–Kier alpha value is -1.37. The number of thioether (sulfide) groups is 1. The van der Waals surface area contributed by atoms with Crippen molar-refractivity contribution in [3.63, 3.8) is 0 Å². The van der Waals surface area contributed by atoms with Crippen LogP contribution in [0.4, 0.5) is 8.78 Å². The van der Waals surface area contributed by atoms with Crippen LogP contribution in [0.25, 0.3) is 0 Å². The van der Waals surface area contributed by atoms with Crippen molar-refractivity contribution in [2.75, 3.05) is 6.54 Å². The van der Waals surface area contributed by atoms with Crippen molar-refractivity contribution in [3.05, 3.63) is 59.0 Å². The van der Waals surface area contributed by atoms with Gasteiger partial charge in [0.25, 0.3) is 5.76 Å². The molecule has 3 rings (SSSR count). The first-order valence-electron chi connectivity index (χ1n) is 7.56. The van der Waals surface area contributed by atoms with E-state index in [2.05, 4.69) is 5.32 Å². The molecule has 0 fully saturated rings. The second-order valence-electron chi connectivity index (χ2n) is 5.73. The van der Waals surface area contributed by atoms with Gasteiger partial charge in [-0.3, -0.25) is 0 Å². The zero-order valence-corrected chi connectivity index (χ0v) is 13.4. The van der Waals surface area contributed by atoms with Crippen molar-refractivity contribution in [1.29, 1.82) is 0 Å². The summed E-state index contributed by atoms with van der Waals surface area (Å²) in [7, 11) is 0. The van der Waals surface area contributed by atoms with Crippen LogP contribution < -0.4 is 5.32 Å². The predicted octanol–water partition coefficient (Wildman–Crippen LogP) is 3.66.